The number of hydrogen-bond acceptors (Lipinski definition) is 3. The molecule has 6 nitrogen and oxygen atoms in total. The van der Waals surface area contributed by atoms with Crippen LogP contribution in [0.25, 0.3) is 0 Å². The van der Waals surface area contributed by atoms with Crippen LogP contribution in [0.1, 0.15) is 58.1 Å². The Kier molecular flexibility index (Phi) is 12.1. The Balaban J connectivity index is 0.00000484. The molecule has 0 aliphatic carbocycles. The first-order valence-corrected chi connectivity index (χ1v) is 8.49. The molecule has 0 radical (unpaired) electrons. The van der Waals surface area contributed by atoms with Crippen molar-refractivity contribution in [1.82, 2.24) is 25.4 Å². The van der Waals surface area contributed by atoms with Crippen LogP contribution in [-0.2, 0) is 13.6 Å². The van der Waals surface area contributed by atoms with Gasteiger partial charge in [0.15, 0.2) is 11.8 Å². The number of nitrogens with one attached hydrogen (secondary N) is 2. The molecule has 7 heteroatoms. The highest BCUT2D eigenvalue weighted by atomic mass is 127. The molecule has 0 aliphatic rings. The van der Waals surface area contributed by atoms with Gasteiger partial charge < -0.3 is 15.2 Å². The number of unbranched alkanes of at least 4 members (excludes halogenated alkanes) is 1. The number of nitrogens with zero attached hydrogens (tertiary/aromatic N) is 4. The molecule has 0 aliphatic heterocycles. The Morgan fingerprint density at radius 3 is 2.39 bits per heavy atom. The fraction of sp³-hybridized carbons (Fsp3) is 0.812. The molecule has 23 heavy (non-hydrogen) atoms. The molecule has 0 saturated heterocycles. The fourth-order valence-corrected chi connectivity index (χ4v) is 2.11. The molecule has 0 aromatic carbocycles. The van der Waals surface area contributed by atoms with E-state index in [1.165, 1.54) is 19.3 Å². The topological polar surface area (TPSA) is 67.1 Å². The quantitative estimate of drug-likeness (QED) is 0.270. The van der Waals surface area contributed by atoms with E-state index in [1.54, 1.807) is 0 Å². The van der Waals surface area contributed by atoms with Crippen LogP contribution in [0.4, 0.5) is 0 Å². The van der Waals surface area contributed by atoms with Crippen LogP contribution in [-0.4, -0.2) is 33.8 Å². The maximum absolute atomic E-state index is 4.65. The van der Waals surface area contributed by atoms with E-state index in [0.29, 0.717) is 12.5 Å². The number of halogens is 1. The molecular formula is C16H33IN6. The lowest BCUT2D eigenvalue weighted by molar-refractivity contribution is 0.480. The lowest BCUT2D eigenvalue weighted by atomic mass is 10.0. The van der Waals surface area contributed by atoms with Gasteiger partial charge in [-0.2, -0.15) is 0 Å². The summed E-state index contributed by atoms with van der Waals surface area (Å²) in [5.74, 6) is 3.36. The molecule has 1 rings (SSSR count). The van der Waals surface area contributed by atoms with E-state index in [4.69, 9.17) is 0 Å². The molecular weight excluding hydrogens is 403 g/mol. The molecule has 1 aromatic heterocycles. The molecule has 0 unspecified atom stereocenters. The monoisotopic (exact) mass is 436 g/mol. The first-order chi connectivity index (χ1) is 10.6. The normalized spacial score (nSPS) is 11.5. The van der Waals surface area contributed by atoms with Gasteiger partial charge >= 0.3 is 0 Å². The van der Waals surface area contributed by atoms with Gasteiger partial charge in [0.2, 0.25) is 0 Å². The van der Waals surface area contributed by atoms with Crippen molar-refractivity contribution >= 4 is 29.9 Å². The van der Waals surface area contributed by atoms with Crippen molar-refractivity contribution in [2.24, 2.45) is 18.0 Å². The summed E-state index contributed by atoms with van der Waals surface area (Å²) < 4.78 is 1.98. The number of guanidine groups is 1. The molecule has 0 atom stereocenters. The molecule has 2 N–H and O–H groups in total. The molecule has 0 bridgehead atoms. The minimum absolute atomic E-state index is 0. The largest absolute Gasteiger partial charge is 0.356 e. The summed E-state index contributed by atoms with van der Waals surface area (Å²) in [6, 6.07) is 0. The maximum atomic E-state index is 4.65. The summed E-state index contributed by atoms with van der Waals surface area (Å²) in [5, 5.41) is 15.1. The summed E-state index contributed by atoms with van der Waals surface area (Å²) in [6.07, 6.45) is 4.70. The first kappa shape index (κ1) is 22.1. The Morgan fingerprint density at radius 1 is 1.17 bits per heavy atom. The van der Waals surface area contributed by atoms with Crippen LogP contribution in [0.2, 0.25) is 0 Å². The molecule has 0 saturated carbocycles. The Hall–Kier alpha value is -0.860. The predicted molar refractivity (Wildman–Crippen MR) is 107 cm³/mol. The van der Waals surface area contributed by atoms with E-state index in [-0.39, 0.29) is 24.0 Å². The van der Waals surface area contributed by atoms with Crippen molar-refractivity contribution in [2.45, 2.75) is 59.9 Å². The summed E-state index contributed by atoms with van der Waals surface area (Å²) in [7, 11) is 1.97. The van der Waals surface area contributed by atoms with Crippen LogP contribution in [0.5, 0.6) is 0 Å². The maximum Gasteiger partial charge on any atom is 0.191 e. The van der Waals surface area contributed by atoms with Gasteiger partial charge in [-0.05, 0) is 19.3 Å². The first-order valence-electron chi connectivity index (χ1n) is 8.49. The molecule has 0 spiro atoms. The third-order valence-electron chi connectivity index (χ3n) is 4.10. The second-order valence-electron chi connectivity index (χ2n) is 5.73. The highest BCUT2D eigenvalue weighted by Gasteiger charge is 2.07. The van der Waals surface area contributed by atoms with E-state index < -0.39 is 0 Å². The number of hydrogen-bond donors (Lipinski definition) is 2. The minimum atomic E-state index is 0. The van der Waals surface area contributed by atoms with Crippen LogP contribution >= 0.6 is 24.0 Å². The van der Waals surface area contributed by atoms with Crippen molar-refractivity contribution in [1.29, 1.82) is 0 Å². The van der Waals surface area contributed by atoms with Crippen molar-refractivity contribution in [3.8, 4) is 0 Å². The third-order valence-corrected chi connectivity index (χ3v) is 4.10. The number of aryl methyl sites for hydroxylation is 1. The van der Waals surface area contributed by atoms with Gasteiger partial charge in [0.25, 0.3) is 0 Å². The highest BCUT2D eigenvalue weighted by molar-refractivity contribution is 14.0. The summed E-state index contributed by atoms with van der Waals surface area (Å²) in [4.78, 5) is 4.65. The second kappa shape index (κ2) is 12.5. The number of aliphatic imine (C=N–C) groups is 1. The van der Waals surface area contributed by atoms with Crippen LogP contribution < -0.4 is 10.6 Å². The zero-order valence-corrected chi connectivity index (χ0v) is 17.6. The number of aromatic nitrogens is 3. The van der Waals surface area contributed by atoms with Crippen molar-refractivity contribution in [3.63, 3.8) is 0 Å². The van der Waals surface area contributed by atoms with Crippen LogP contribution in [0, 0.1) is 12.8 Å². The van der Waals surface area contributed by atoms with Gasteiger partial charge in [0.05, 0.1) is 0 Å². The zero-order chi connectivity index (χ0) is 16.4. The second-order valence-corrected chi connectivity index (χ2v) is 5.73. The Morgan fingerprint density at radius 2 is 1.87 bits per heavy atom. The average Bonchev–Trinajstić information content (AvgIpc) is 2.84. The fourth-order valence-electron chi connectivity index (χ4n) is 2.11. The lowest BCUT2D eigenvalue weighted by Crippen LogP contribution is -2.40. The van der Waals surface area contributed by atoms with Crippen molar-refractivity contribution in [2.75, 3.05) is 13.1 Å². The SMILES string of the molecule is CCCCNC(=NCc1nnc(C)n1C)NCC(CC)CC.I. The minimum Gasteiger partial charge on any atom is -0.356 e. The highest BCUT2D eigenvalue weighted by Crippen LogP contribution is 2.05. The van der Waals surface area contributed by atoms with Gasteiger partial charge in [-0.1, -0.05) is 40.0 Å². The van der Waals surface area contributed by atoms with Gasteiger partial charge in [0.1, 0.15) is 12.4 Å². The molecule has 1 heterocycles. The van der Waals surface area contributed by atoms with Gasteiger partial charge in [-0.15, -0.1) is 34.2 Å². The molecule has 1 aromatic rings. The van der Waals surface area contributed by atoms with Crippen molar-refractivity contribution < 1.29 is 0 Å². The Labute approximate surface area is 158 Å². The van der Waals surface area contributed by atoms with Crippen molar-refractivity contribution in [3.05, 3.63) is 11.6 Å². The smallest absolute Gasteiger partial charge is 0.191 e. The zero-order valence-electron chi connectivity index (χ0n) is 15.2. The van der Waals surface area contributed by atoms with Crippen LogP contribution in [0.3, 0.4) is 0 Å². The summed E-state index contributed by atoms with van der Waals surface area (Å²) >= 11 is 0. The van der Waals surface area contributed by atoms with Gasteiger partial charge in [0, 0.05) is 20.1 Å². The van der Waals surface area contributed by atoms with E-state index in [9.17, 15) is 0 Å². The Bertz CT molecular complexity index is 453. The van der Waals surface area contributed by atoms with Crippen LogP contribution in [0.15, 0.2) is 4.99 Å². The van der Waals surface area contributed by atoms with Gasteiger partial charge in [-0.3, -0.25) is 0 Å². The molecule has 0 amide bonds. The van der Waals surface area contributed by atoms with Gasteiger partial charge in [-0.25, -0.2) is 4.99 Å². The van der Waals surface area contributed by atoms with E-state index >= 15 is 0 Å². The lowest BCUT2D eigenvalue weighted by Gasteiger charge is -2.17. The number of rotatable bonds is 9. The van der Waals surface area contributed by atoms with E-state index in [1.807, 2.05) is 18.5 Å². The van der Waals surface area contributed by atoms with E-state index in [2.05, 4.69) is 46.6 Å². The summed E-state index contributed by atoms with van der Waals surface area (Å²) in [6.45, 7) is 11.1. The standard InChI is InChI=1S/C16H32N6.HI/c1-6-9-10-17-16(18-11-14(7-2)8-3)19-12-15-21-20-13(4)22(15)5;/h14H,6-12H2,1-5H3,(H2,17,18,19);1H. The molecule has 0 fully saturated rings. The average molecular weight is 436 g/mol. The van der Waals surface area contributed by atoms with E-state index in [0.717, 1.165) is 37.1 Å². The summed E-state index contributed by atoms with van der Waals surface area (Å²) in [5.41, 5.74) is 0. The predicted octanol–water partition coefficient (Wildman–Crippen LogP) is 3.01. The third kappa shape index (κ3) is 7.99. The molecule has 134 valence electrons.